The molecule has 92 valence electrons. The second kappa shape index (κ2) is 7.17. The van der Waals surface area contributed by atoms with Crippen LogP contribution in [0.1, 0.15) is 41.0 Å². The molecule has 0 spiro atoms. The maximum Gasteiger partial charge on any atom is 0.107 e. The monoisotopic (exact) mass is 218 g/mol. The maximum absolute atomic E-state index is 9.66. The Labute approximate surface area is 93.5 Å². The van der Waals surface area contributed by atoms with Gasteiger partial charge in [0, 0.05) is 0 Å². The molecule has 0 aromatic heterocycles. The second-order valence-corrected chi connectivity index (χ2v) is 3.82. The third kappa shape index (κ3) is 4.07. The van der Waals surface area contributed by atoms with Crippen LogP contribution >= 0.6 is 0 Å². The average molecular weight is 218 g/mol. The van der Waals surface area contributed by atoms with Crippen LogP contribution in [0.5, 0.6) is 0 Å². The van der Waals surface area contributed by atoms with Crippen LogP contribution in [0.25, 0.3) is 0 Å². The van der Waals surface area contributed by atoms with Crippen LogP contribution in [0.4, 0.5) is 0 Å². The van der Waals surface area contributed by atoms with Crippen LogP contribution < -0.4 is 0 Å². The summed E-state index contributed by atoms with van der Waals surface area (Å²) in [6, 6.07) is 0. The van der Waals surface area contributed by atoms with E-state index in [-0.39, 0.29) is 6.17 Å². The normalized spacial score (nSPS) is 18.2. The Kier molecular flexibility index (Phi) is 7.09. The fraction of sp³-hybridized carbons (Fsp3) is 1.00. The third-order valence-electron chi connectivity index (χ3n) is 2.81. The molecule has 0 aromatic carbocycles. The summed E-state index contributed by atoms with van der Waals surface area (Å²) in [4.78, 5) is 3.96. The van der Waals surface area contributed by atoms with Gasteiger partial charge in [0.2, 0.25) is 0 Å². The maximum atomic E-state index is 9.66. The van der Waals surface area contributed by atoms with E-state index in [4.69, 9.17) is 0 Å². The highest BCUT2D eigenvalue weighted by Gasteiger charge is 2.27. The topological polar surface area (TPSA) is 46.9 Å². The summed E-state index contributed by atoms with van der Waals surface area (Å²) in [6.45, 7) is 11.5. The van der Waals surface area contributed by atoms with E-state index >= 15 is 0 Å². The van der Waals surface area contributed by atoms with Gasteiger partial charge in [-0.05, 0) is 33.4 Å². The van der Waals surface area contributed by atoms with E-state index in [2.05, 4.69) is 25.7 Å². The van der Waals surface area contributed by atoms with Gasteiger partial charge in [0.1, 0.15) is 12.5 Å². The SMILES string of the molecule is CCC(N(CC)CC)N(C(C)O)C(C)O. The van der Waals surface area contributed by atoms with Gasteiger partial charge in [-0.25, -0.2) is 4.90 Å². The molecule has 0 amide bonds. The number of hydrogen-bond donors (Lipinski definition) is 2. The van der Waals surface area contributed by atoms with Gasteiger partial charge >= 0.3 is 0 Å². The summed E-state index contributed by atoms with van der Waals surface area (Å²) in [7, 11) is 0. The standard InChI is InChI=1S/C11H26N2O2/c1-6-11(12(7-2)8-3)13(9(4)14)10(5)15/h9-11,14-15H,6-8H2,1-5H3. The lowest BCUT2D eigenvalue weighted by molar-refractivity contribution is -0.145. The Hall–Kier alpha value is -0.160. The van der Waals surface area contributed by atoms with E-state index in [1.54, 1.807) is 18.7 Å². The van der Waals surface area contributed by atoms with Crippen molar-refractivity contribution in [2.24, 2.45) is 0 Å². The zero-order valence-corrected chi connectivity index (χ0v) is 10.6. The fourth-order valence-electron chi connectivity index (χ4n) is 2.11. The minimum atomic E-state index is -0.629. The van der Waals surface area contributed by atoms with Crippen molar-refractivity contribution in [1.82, 2.24) is 9.80 Å². The van der Waals surface area contributed by atoms with Crippen LogP contribution in [0.2, 0.25) is 0 Å². The minimum absolute atomic E-state index is 0.0972. The van der Waals surface area contributed by atoms with Crippen molar-refractivity contribution in [2.45, 2.75) is 59.7 Å². The van der Waals surface area contributed by atoms with E-state index in [1.165, 1.54) is 0 Å². The Morgan fingerprint density at radius 2 is 1.33 bits per heavy atom. The number of aliphatic hydroxyl groups is 2. The van der Waals surface area contributed by atoms with E-state index in [0.717, 1.165) is 19.5 Å². The Morgan fingerprint density at radius 1 is 0.933 bits per heavy atom. The van der Waals surface area contributed by atoms with Crippen molar-refractivity contribution in [3.63, 3.8) is 0 Å². The van der Waals surface area contributed by atoms with Crippen molar-refractivity contribution in [2.75, 3.05) is 13.1 Å². The summed E-state index contributed by atoms with van der Waals surface area (Å²) in [6.07, 6.45) is -0.275. The minimum Gasteiger partial charge on any atom is -0.379 e. The van der Waals surface area contributed by atoms with Gasteiger partial charge in [0.25, 0.3) is 0 Å². The zero-order valence-electron chi connectivity index (χ0n) is 10.6. The molecule has 2 N–H and O–H groups in total. The van der Waals surface area contributed by atoms with Crippen molar-refractivity contribution in [3.05, 3.63) is 0 Å². The van der Waals surface area contributed by atoms with Crippen molar-refractivity contribution >= 4 is 0 Å². The molecule has 0 aromatic rings. The van der Waals surface area contributed by atoms with Crippen LogP contribution in [-0.2, 0) is 0 Å². The molecule has 0 radical (unpaired) electrons. The lowest BCUT2D eigenvalue weighted by atomic mass is 10.2. The van der Waals surface area contributed by atoms with Gasteiger partial charge in [-0.15, -0.1) is 0 Å². The quantitative estimate of drug-likeness (QED) is 0.627. The molecule has 3 atom stereocenters. The largest absolute Gasteiger partial charge is 0.379 e. The van der Waals surface area contributed by atoms with Crippen molar-refractivity contribution in [1.29, 1.82) is 0 Å². The highest BCUT2D eigenvalue weighted by Crippen LogP contribution is 2.15. The molecule has 0 fully saturated rings. The molecule has 4 nitrogen and oxygen atoms in total. The highest BCUT2D eigenvalue weighted by atomic mass is 16.3. The average Bonchev–Trinajstić information content (AvgIpc) is 2.16. The first kappa shape index (κ1) is 14.8. The zero-order chi connectivity index (χ0) is 12.0. The van der Waals surface area contributed by atoms with Crippen molar-refractivity contribution < 1.29 is 10.2 Å². The smallest absolute Gasteiger partial charge is 0.107 e. The number of hydrogen-bond acceptors (Lipinski definition) is 4. The van der Waals surface area contributed by atoms with E-state index in [9.17, 15) is 10.2 Å². The van der Waals surface area contributed by atoms with Gasteiger partial charge in [-0.2, -0.15) is 0 Å². The van der Waals surface area contributed by atoms with Crippen LogP contribution in [0.3, 0.4) is 0 Å². The molecular formula is C11H26N2O2. The lowest BCUT2D eigenvalue weighted by Crippen LogP contribution is -2.55. The number of nitrogens with zero attached hydrogens (tertiary/aromatic N) is 2. The second-order valence-electron chi connectivity index (χ2n) is 3.82. The summed E-state index contributed by atoms with van der Waals surface area (Å²) >= 11 is 0. The molecule has 0 rings (SSSR count). The Morgan fingerprint density at radius 3 is 1.53 bits per heavy atom. The first-order valence-electron chi connectivity index (χ1n) is 5.87. The van der Waals surface area contributed by atoms with Gasteiger partial charge < -0.3 is 10.2 Å². The summed E-state index contributed by atoms with van der Waals surface area (Å²) in [5.41, 5.74) is 0. The predicted molar refractivity (Wildman–Crippen MR) is 62.2 cm³/mol. The Bertz CT molecular complexity index is 151. The molecule has 0 aliphatic carbocycles. The Balaban J connectivity index is 4.71. The molecule has 15 heavy (non-hydrogen) atoms. The van der Waals surface area contributed by atoms with Crippen molar-refractivity contribution in [3.8, 4) is 0 Å². The van der Waals surface area contributed by atoms with E-state index in [0.29, 0.717) is 0 Å². The van der Waals surface area contributed by atoms with Gasteiger partial charge in [0.15, 0.2) is 0 Å². The highest BCUT2D eigenvalue weighted by molar-refractivity contribution is 4.72. The lowest BCUT2D eigenvalue weighted by Gasteiger charge is -2.41. The van der Waals surface area contributed by atoms with Crippen LogP contribution in [0.15, 0.2) is 0 Å². The molecule has 3 unspecified atom stereocenters. The molecule has 0 saturated carbocycles. The first-order chi connectivity index (χ1) is 6.99. The van der Waals surface area contributed by atoms with E-state index in [1.807, 2.05) is 0 Å². The van der Waals surface area contributed by atoms with Crippen LogP contribution in [0, 0.1) is 0 Å². The number of rotatable bonds is 7. The molecule has 0 aliphatic heterocycles. The van der Waals surface area contributed by atoms with Crippen LogP contribution in [-0.4, -0.2) is 51.7 Å². The molecule has 0 saturated heterocycles. The molecule has 0 bridgehead atoms. The third-order valence-corrected chi connectivity index (χ3v) is 2.81. The molecule has 0 heterocycles. The fourth-order valence-corrected chi connectivity index (χ4v) is 2.11. The first-order valence-corrected chi connectivity index (χ1v) is 5.87. The van der Waals surface area contributed by atoms with E-state index < -0.39 is 12.5 Å². The molecular weight excluding hydrogens is 192 g/mol. The predicted octanol–water partition coefficient (Wildman–Crippen LogP) is 1.04. The summed E-state index contributed by atoms with van der Waals surface area (Å²) in [5, 5.41) is 19.3. The van der Waals surface area contributed by atoms with Gasteiger partial charge in [0.05, 0.1) is 6.17 Å². The molecule has 4 heteroatoms. The van der Waals surface area contributed by atoms with Gasteiger partial charge in [-0.1, -0.05) is 20.8 Å². The summed E-state index contributed by atoms with van der Waals surface area (Å²) in [5.74, 6) is 0. The summed E-state index contributed by atoms with van der Waals surface area (Å²) < 4.78 is 0. The number of aliphatic hydroxyl groups excluding tert-OH is 2. The molecule has 0 aliphatic rings. The van der Waals surface area contributed by atoms with Gasteiger partial charge in [-0.3, -0.25) is 4.90 Å².